The zero-order chi connectivity index (χ0) is 15.8. The first-order valence-corrected chi connectivity index (χ1v) is 8.87. The van der Waals surface area contributed by atoms with Crippen molar-refractivity contribution in [3.63, 3.8) is 0 Å². The van der Waals surface area contributed by atoms with Gasteiger partial charge in [-0.25, -0.2) is 0 Å². The molecule has 1 amide bonds. The summed E-state index contributed by atoms with van der Waals surface area (Å²) in [6.07, 6.45) is 11.1. The van der Waals surface area contributed by atoms with Gasteiger partial charge in [0.15, 0.2) is 0 Å². The van der Waals surface area contributed by atoms with Gasteiger partial charge in [-0.15, -0.1) is 12.4 Å². The third-order valence-corrected chi connectivity index (χ3v) is 4.67. The van der Waals surface area contributed by atoms with Crippen LogP contribution < -0.4 is 10.6 Å². The lowest BCUT2D eigenvalue weighted by molar-refractivity contribution is -0.119. The normalized spacial score (nSPS) is 17.1. The number of nitrogens with zero attached hydrogens (tertiary/aromatic N) is 1. The smallest absolute Gasteiger partial charge is 0.240 e. The zero-order valence-electron chi connectivity index (χ0n) is 14.3. The van der Waals surface area contributed by atoms with E-state index in [2.05, 4.69) is 36.1 Å². The second-order valence-electron chi connectivity index (χ2n) is 6.44. The first-order valence-electron chi connectivity index (χ1n) is 8.87. The Kier molecular flexibility index (Phi) is 9.08. The number of primary amides is 1. The molecule has 1 atom stereocenters. The second-order valence-corrected chi connectivity index (χ2v) is 6.44. The van der Waals surface area contributed by atoms with Crippen molar-refractivity contribution in [2.45, 2.75) is 70.8 Å². The molecule has 0 spiro atoms. The van der Waals surface area contributed by atoms with E-state index in [1.54, 1.807) is 0 Å². The van der Waals surface area contributed by atoms with Crippen LogP contribution in [0.2, 0.25) is 0 Å². The molecule has 0 saturated carbocycles. The molecule has 130 valence electrons. The molecule has 2 N–H and O–H groups in total. The third-order valence-electron chi connectivity index (χ3n) is 4.67. The Bertz CT molecular complexity index is 461. The molecule has 0 bridgehead atoms. The highest BCUT2D eigenvalue weighted by atomic mass is 35.5. The number of benzene rings is 1. The van der Waals surface area contributed by atoms with Crippen molar-refractivity contribution in [3.8, 4) is 0 Å². The average Bonchev–Trinajstić information content (AvgIpc) is 3.01. The molecular weight excluding hydrogens is 308 g/mol. The summed E-state index contributed by atoms with van der Waals surface area (Å²) < 4.78 is 0. The van der Waals surface area contributed by atoms with E-state index >= 15 is 0 Å². The summed E-state index contributed by atoms with van der Waals surface area (Å²) in [5, 5.41) is 0. The van der Waals surface area contributed by atoms with Crippen molar-refractivity contribution in [3.05, 3.63) is 29.8 Å². The summed E-state index contributed by atoms with van der Waals surface area (Å²) in [6, 6.07) is 8.58. The van der Waals surface area contributed by atoms with Gasteiger partial charge in [-0.3, -0.25) is 4.79 Å². The molecule has 0 aromatic heterocycles. The quantitative estimate of drug-likeness (QED) is 0.675. The first kappa shape index (κ1) is 19.8. The highest BCUT2D eigenvalue weighted by molar-refractivity contribution is 5.85. The van der Waals surface area contributed by atoms with Gasteiger partial charge in [0.25, 0.3) is 0 Å². The predicted molar refractivity (Wildman–Crippen MR) is 100 cm³/mol. The largest absolute Gasteiger partial charge is 0.368 e. The molecule has 4 heteroatoms. The molecule has 1 fully saturated rings. The molecule has 1 aliphatic rings. The summed E-state index contributed by atoms with van der Waals surface area (Å²) in [5.74, 6) is -0.200. The molecule has 0 aliphatic carbocycles. The van der Waals surface area contributed by atoms with Crippen molar-refractivity contribution in [2.24, 2.45) is 5.73 Å². The number of carbonyl (C=O) groups excluding carboxylic acids is 1. The third kappa shape index (κ3) is 6.06. The number of carbonyl (C=O) groups is 1. The Morgan fingerprint density at radius 3 is 2.43 bits per heavy atom. The van der Waals surface area contributed by atoms with Crippen LogP contribution in [0.4, 0.5) is 5.69 Å². The molecule has 2 rings (SSSR count). The summed E-state index contributed by atoms with van der Waals surface area (Å²) >= 11 is 0. The number of unbranched alkanes of at least 4 members (excludes halogenated alkanes) is 5. The number of anilines is 1. The molecule has 1 aromatic carbocycles. The lowest BCUT2D eigenvalue weighted by Gasteiger charge is -2.24. The topological polar surface area (TPSA) is 46.3 Å². The summed E-state index contributed by atoms with van der Waals surface area (Å²) in [5.41, 5.74) is 8.02. The van der Waals surface area contributed by atoms with E-state index in [1.165, 1.54) is 44.1 Å². The minimum Gasteiger partial charge on any atom is -0.368 e. The van der Waals surface area contributed by atoms with Gasteiger partial charge in [-0.05, 0) is 43.4 Å². The van der Waals surface area contributed by atoms with Crippen LogP contribution in [0.3, 0.4) is 0 Å². The van der Waals surface area contributed by atoms with Crippen LogP contribution in [0, 0.1) is 0 Å². The van der Waals surface area contributed by atoms with Gasteiger partial charge in [0.2, 0.25) is 5.91 Å². The molecule has 1 heterocycles. The summed E-state index contributed by atoms with van der Waals surface area (Å²) in [7, 11) is 0. The maximum atomic E-state index is 11.5. The highest BCUT2D eigenvalue weighted by Crippen LogP contribution is 2.26. The maximum Gasteiger partial charge on any atom is 0.240 e. The van der Waals surface area contributed by atoms with Crippen LogP contribution >= 0.6 is 12.4 Å². The van der Waals surface area contributed by atoms with E-state index in [0.29, 0.717) is 0 Å². The molecule has 0 radical (unpaired) electrons. The van der Waals surface area contributed by atoms with Gasteiger partial charge < -0.3 is 10.6 Å². The van der Waals surface area contributed by atoms with E-state index in [4.69, 9.17) is 5.73 Å². The average molecular weight is 339 g/mol. The lowest BCUT2D eigenvalue weighted by atomic mass is 10.0. The highest BCUT2D eigenvalue weighted by Gasteiger charge is 2.28. The van der Waals surface area contributed by atoms with E-state index < -0.39 is 0 Å². The molecule has 23 heavy (non-hydrogen) atoms. The predicted octanol–water partition coefficient (Wildman–Crippen LogP) is 4.47. The van der Waals surface area contributed by atoms with Gasteiger partial charge in [0, 0.05) is 12.2 Å². The number of rotatable bonds is 9. The van der Waals surface area contributed by atoms with Gasteiger partial charge in [0.05, 0.1) is 0 Å². The summed E-state index contributed by atoms with van der Waals surface area (Å²) in [6.45, 7) is 3.19. The molecule has 1 aromatic rings. The molecule has 1 aliphatic heterocycles. The molecular formula is C19H31ClN2O. The second kappa shape index (κ2) is 10.5. The van der Waals surface area contributed by atoms with Crippen LogP contribution in [-0.2, 0) is 11.2 Å². The fourth-order valence-corrected chi connectivity index (χ4v) is 3.34. The minimum absolute atomic E-state index is 0. The van der Waals surface area contributed by atoms with Crippen LogP contribution in [0.1, 0.15) is 63.9 Å². The fourth-order valence-electron chi connectivity index (χ4n) is 3.34. The maximum absolute atomic E-state index is 11.5. The van der Waals surface area contributed by atoms with Crippen molar-refractivity contribution >= 4 is 24.0 Å². The number of amides is 1. The Labute approximate surface area is 147 Å². The number of halogens is 1. The zero-order valence-corrected chi connectivity index (χ0v) is 15.1. The Hall–Kier alpha value is -1.22. The van der Waals surface area contributed by atoms with Crippen molar-refractivity contribution in [1.29, 1.82) is 0 Å². The molecule has 3 nitrogen and oxygen atoms in total. The van der Waals surface area contributed by atoms with Crippen molar-refractivity contribution in [2.75, 3.05) is 11.4 Å². The minimum atomic E-state index is -0.200. The van der Waals surface area contributed by atoms with Crippen LogP contribution in [-0.4, -0.2) is 18.5 Å². The van der Waals surface area contributed by atoms with Gasteiger partial charge in [-0.2, -0.15) is 0 Å². The van der Waals surface area contributed by atoms with Gasteiger partial charge in [-0.1, -0.05) is 51.2 Å². The van der Waals surface area contributed by atoms with Gasteiger partial charge >= 0.3 is 0 Å². The Morgan fingerprint density at radius 2 is 1.78 bits per heavy atom. The fraction of sp³-hybridized carbons (Fsp3) is 0.632. The SMILES string of the molecule is CCCCCCCCc1ccc(N2CCC[C@@H]2C(N)=O)cc1.Cl. The number of aryl methyl sites for hydroxylation is 1. The standard InChI is InChI=1S/C19H30N2O.ClH/c1-2-3-4-5-6-7-9-16-11-13-17(14-12-16)21-15-8-10-18(21)19(20)22;/h11-14,18H,2-10,15H2,1H3,(H2,20,22);1H/t18-;/m1./s1. The van der Waals surface area contributed by atoms with Gasteiger partial charge in [0.1, 0.15) is 6.04 Å². The molecule has 1 saturated heterocycles. The van der Waals surface area contributed by atoms with E-state index in [1.807, 2.05) is 0 Å². The van der Waals surface area contributed by atoms with Crippen LogP contribution in [0.25, 0.3) is 0 Å². The van der Waals surface area contributed by atoms with Crippen molar-refractivity contribution < 1.29 is 4.79 Å². The number of hydrogen-bond donors (Lipinski definition) is 1. The van der Waals surface area contributed by atoms with Crippen LogP contribution in [0.15, 0.2) is 24.3 Å². The van der Waals surface area contributed by atoms with E-state index in [0.717, 1.165) is 31.5 Å². The number of nitrogens with two attached hydrogens (primary N) is 1. The monoisotopic (exact) mass is 338 g/mol. The van der Waals surface area contributed by atoms with Crippen molar-refractivity contribution in [1.82, 2.24) is 0 Å². The Balaban J connectivity index is 0.00000264. The first-order chi connectivity index (χ1) is 10.7. The summed E-state index contributed by atoms with van der Waals surface area (Å²) in [4.78, 5) is 13.6. The number of hydrogen-bond acceptors (Lipinski definition) is 2. The van der Waals surface area contributed by atoms with E-state index in [-0.39, 0.29) is 24.4 Å². The van der Waals surface area contributed by atoms with E-state index in [9.17, 15) is 4.79 Å². The lowest BCUT2D eigenvalue weighted by Crippen LogP contribution is -2.40. The van der Waals surface area contributed by atoms with Crippen LogP contribution in [0.5, 0.6) is 0 Å². The Morgan fingerprint density at radius 1 is 1.13 bits per heavy atom. The molecule has 0 unspecified atom stereocenters.